The topological polar surface area (TPSA) is 103 Å². The number of ether oxygens (including phenoxy) is 2. The Labute approximate surface area is 260 Å². The number of halogens is 1. The van der Waals surface area contributed by atoms with Crippen LogP contribution >= 0.6 is 15.9 Å². The number of nitrogens with two attached hydrogens (primary N) is 2. The molecule has 0 saturated heterocycles. The van der Waals surface area contributed by atoms with Crippen LogP contribution in [0.4, 0.5) is 0 Å². The van der Waals surface area contributed by atoms with Crippen molar-refractivity contribution in [3.63, 3.8) is 0 Å². The molecule has 1 aliphatic heterocycles. The Morgan fingerprint density at radius 3 is 2.62 bits per heavy atom. The third-order valence-corrected chi connectivity index (χ3v) is 7.25. The highest BCUT2D eigenvalue weighted by Crippen LogP contribution is 2.44. The van der Waals surface area contributed by atoms with E-state index in [1.54, 1.807) is 4.99 Å². The summed E-state index contributed by atoms with van der Waals surface area (Å²) in [5.74, 6) is 1.28. The van der Waals surface area contributed by atoms with Crippen molar-refractivity contribution in [3.05, 3.63) is 106 Å². The van der Waals surface area contributed by atoms with Crippen LogP contribution in [0.25, 0.3) is 11.6 Å². The molecule has 3 unspecified atom stereocenters. The number of rotatable bonds is 12. The van der Waals surface area contributed by atoms with Gasteiger partial charge in [0.1, 0.15) is 11.5 Å². The molecule has 0 amide bonds. The van der Waals surface area contributed by atoms with Gasteiger partial charge in [-0.1, -0.05) is 124 Å². The summed E-state index contributed by atoms with van der Waals surface area (Å²) in [4.78, 5) is 1.78. The first-order valence-corrected chi connectivity index (χ1v) is 15.5. The monoisotopic (exact) mass is 635 g/mol. The Balaban J connectivity index is 2.14. The fourth-order valence-corrected chi connectivity index (χ4v) is 4.92. The Morgan fingerprint density at radius 1 is 1.12 bits per heavy atom. The molecule has 0 bridgehead atoms. The molecule has 6 nitrogen and oxygen atoms in total. The maximum Gasteiger partial charge on any atom is 0.181 e. The zero-order valence-corrected chi connectivity index (χ0v) is 26.9. The molecule has 0 radical (unpaired) electrons. The van der Waals surface area contributed by atoms with Gasteiger partial charge in [-0.3, -0.25) is 5.32 Å². The molecule has 226 valence electrons. The van der Waals surface area contributed by atoms with Gasteiger partial charge in [-0.05, 0) is 51.7 Å². The van der Waals surface area contributed by atoms with Crippen molar-refractivity contribution >= 4 is 27.6 Å². The highest BCUT2D eigenvalue weighted by molar-refractivity contribution is 9.11. The SMILES string of the molecule is C=C(/C=C\C=C\Br)/C1=C\C(N)NC(N)/C=C/c2ccc(C(C)(C)C)c(Oc3cccc(C(O)OCCCCCC)c3)c21. The van der Waals surface area contributed by atoms with Crippen molar-refractivity contribution in [3.8, 4) is 11.5 Å². The first kappa shape index (κ1) is 33.7. The average molecular weight is 637 g/mol. The molecule has 6 N–H and O–H groups in total. The second kappa shape index (κ2) is 16.2. The van der Waals surface area contributed by atoms with Crippen LogP contribution in [-0.2, 0) is 10.2 Å². The second-order valence-electron chi connectivity index (χ2n) is 11.5. The van der Waals surface area contributed by atoms with E-state index < -0.39 is 18.6 Å². The highest BCUT2D eigenvalue weighted by Gasteiger charge is 2.27. The maximum absolute atomic E-state index is 10.8. The van der Waals surface area contributed by atoms with Crippen molar-refractivity contribution in [1.82, 2.24) is 5.32 Å². The molecule has 3 atom stereocenters. The van der Waals surface area contributed by atoms with Gasteiger partial charge in [0.2, 0.25) is 0 Å². The van der Waals surface area contributed by atoms with E-state index in [9.17, 15) is 5.11 Å². The van der Waals surface area contributed by atoms with Crippen LogP contribution in [-0.4, -0.2) is 24.0 Å². The molecule has 3 rings (SSSR count). The number of unbranched alkanes of at least 4 members (excludes halogenated alkanes) is 3. The number of allylic oxidation sites excluding steroid dienone is 5. The summed E-state index contributed by atoms with van der Waals surface area (Å²) in [6.07, 6.45) is 13.8. The summed E-state index contributed by atoms with van der Waals surface area (Å²) >= 11 is 3.31. The van der Waals surface area contributed by atoms with E-state index in [4.69, 9.17) is 20.9 Å². The zero-order chi connectivity index (χ0) is 30.7. The smallest absolute Gasteiger partial charge is 0.181 e. The number of hydrogen-bond acceptors (Lipinski definition) is 6. The summed E-state index contributed by atoms with van der Waals surface area (Å²) in [5.41, 5.74) is 17.5. The summed E-state index contributed by atoms with van der Waals surface area (Å²) in [6.45, 7) is 13.5. The molecule has 1 heterocycles. The first-order chi connectivity index (χ1) is 20.0. The van der Waals surface area contributed by atoms with Crippen LogP contribution in [0.2, 0.25) is 0 Å². The molecule has 1 aliphatic rings. The first-order valence-electron chi connectivity index (χ1n) is 14.6. The predicted molar refractivity (Wildman–Crippen MR) is 179 cm³/mol. The fraction of sp³-hybridized carbons (Fsp3) is 0.371. The Bertz CT molecular complexity index is 1320. The van der Waals surface area contributed by atoms with Crippen molar-refractivity contribution in [2.75, 3.05) is 6.61 Å². The number of hydrogen-bond donors (Lipinski definition) is 4. The van der Waals surface area contributed by atoms with E-state index in [0.717, 1.165) is 53.5 Å². The third-order valence-electron chi connectivity index (χ3n) is 6.95. The molecule has 2 aromatic carbocycles. The van der Waals surface area contributed by atoms with Crippen LogP contribution in [0.3, 0.4) is 0 Å². The van der Waals surface area contributed by atoms with E-state index in [0.29, 0.717) is 23.7 Å². The van der Waals surface area contributed by atoms with Crippen LogP contribution in [0, 0.1) is 0 Å². The fourth-order valence-electron chi connectivity index (χ4n) is 4.75. The largest absolute Gasteiger partial charge is 0.456 e. The normalized spacial score (nSPS) is 20.3. The number of aliphatic hydroxyl groups excluding tert-OH is 1. The summed E-state index contributed by atoms with van der Waals surface area (Å²) in [7, 11) is 0. The van der Waals surface area contributed by atoms with Crippen LogP contribution < -0.4 is 21.5 Å². The third kappa shape index (κ3) is 9.63. The lowest BCUT2D eigenvalue weighted by molar-refractivity contribution is -0.104. The average Bonchev–Trinajstić information content (AvgIpc) is 3.00. The van der Waals surface area contributed by atoms with Gasteiger partial charge in [-0.15, -0.1) is 0 Å². The quantitative estimate of drug-likeness (QED) is 0.107. The standard InChI is InChI=1S/C35H46BrN3O3/c1-6-7-8-11-21-41-34(40)26-14-12-15-27(22-26)42-33-29(35(3,4)5)18-16-25-17-19-30(37)39-31(38)23-28(32(25)33)24(2)13-9-10-20-36/h9-10,12-20,22-23,30-31,34,39-40H,2,6-8,11,21,37-38H2,1,3-5H3/b13-9-,19-17+,20-10+,28-23+. The Hall–Kier alpha value is -2.78. The van der Waals surface area contributed by atoms with Gasteiger partial charge in [0.15, 0.2) is 6.29 Å². The Morgan fingerprint density at radius 2 is 1.90 bits per heavy atom. The van der Waals surface area contributed by atoms with Gasteiger partial charge in [0, 0.05) is 16.7 Å². The number of fused-ring (bicyclic) bond motifs is 1. The van der Waals surface area contributed by atoms with Gasteiger partial charge < -0.3 is 26.0 Å². The molecule has 7 heteroatoms. The minimum absolute atomic E-state index is 0.247. The van der Waals surface area contributed by atoms with Crippen molar-refractivity contribution in [2.24, 2.45) is 11.5 Å². The van der Waals surface area contributed by atoms with Crippen LogP contribution in [0.15, 0.2) is 83.9 Å². The number of nitrogens with one attached hydrogen (secondary N) is 1. The van der Waals surface area contributed by atoms with Crippen LogP contribution in [0.1, 0.15) is 81.9 Å². The minimum Gasteiger partial charge on any atom is -0.456 e. The highest BCUT2D eigenvalue weighted by atomic mass is 79.9. The van der Waals surface area contributed by atoms with Crippen LogP contribution in [0.5, 0.6) is 11.5 Å². The van der Waals surface area contributed by atoms with Crippen molar-refractivity contribution in [1.29, 1.82) is 0 Å². The molecule has 0 spiro atoms. The molecule has 0 aliphatic carbocycles. The minimum atomic E-state index is -1.03. The van der Waals surface area contributed by atoms with E-state index in [2.05, 4.69) is 67.7 Å². The van der Waals surface area contributed by atoms with E-state index in [-0.39, 0.29) is 5.41 Å². The van der Waals surface area contributed by atoms with Gasteiger partial charge in [-0.25, -0.2) is 0 Å². The summed E-state index contributed by atoms with van der Waals surface area (Å²) < 4.78 is 12.5. The van der Waals surface area contributed by atoms with E-state index in [1.807, 2.05) is 60.7 Å². The zero-order valence-electron chi connectivity index (χ0n) is 25.3. The summed E-state index contributed by atoms with van der Waals surface area (Å²) in [6, 6.07) is 11.6. The molecule has 2 aromatic rings. The van der Waals surface area contributed by atoms with Gasteiger partial charge in [0.05, 0.1) is 18.9 Å². The van der Waals surface area contributed by atoms with E-state index >= 15 is 0 Å². The van der Waals surface area contributed by atoms with Gasteiger partial charge in [-0.2, -0.15) is 0 Å². The maximum atomic E-state index is 10.8. The Kier molecular flexibility index (Phi) is 13.0. The van der Waals surface area contributed by atoms with E-state index in [1.165, 1.54) is 0 Å². The molecule has 42 heavy (non-hydrogen) atoms. The molecule has 0 fully saturated rings. The lowest BCUT2D eigenvalue weighted by atomic mass is 9.81. The molecular formula is C35H46BrN3O3. The molecular weight excluding hydrogens is 590 g/mol. The van der Waals surface area contributed by atoms with Gasteiger partial charge >= 0.3 is 0 Å². The lowest BCUT2D eigenvalue weighted by Gasteiger charge is -2.27. The predicted octanol–water partition coefficient (Wildman–Crippen LogP) is 7.95. The lowest BCUT2D eigenvalue weighted by Crippen LogP contribution is -2.46. The van der Waals surface area contributed by atoms with Gasteiger partial charge in [0.25, 0.3) is 0 Å². The van der Waals surface area contributed by atoms with Crippen molar-refractivity contribution in [2.45, 2.75) is 77.4 Å². The number of benzene rings is 2. The second-order valence-corrected chi connectivity index (χ2v) is 12.0. The summed E-state index contributed by atoms with van der Waals surface area (Å²) in [5, 5.41) is 14.0. The van der Waals surface area contributed by atoms with Crippen molar-refractivity contribution < 1.29 is 14.6 Å². The molecule has 0 aromatic heterocycles. The molecule has 0 saturated carbocycles. The number of aliphatic hydroxyl groups is 1.